The quantitative estimate of drug-likeness (QED) is 0.315. The molecule has 0 fully saturated rings. The molecule has 42 heavy (non-hydrogen) atoms. The number of hydrogen-bond acceptors (Lipinski definition) is 4. The maximum absolute atomic E-state index is 14.0. The van der Waals surface area contributed by atoms with Crippen LogP contribution in [0.4, 0.5) is 18.9 Å². The van der Waals surface area contributed by atoms with Crippen LogP contribution in [0.1, 0.15) is 37.5 Å². The summed E-state index contributed by atoms with van der Waals surface area (Å²) < 4.78 is 66.5. The Morgan fingerprint density at radius 1 is 0.929 bits per heavy atom. The second-order valence-corrected chi connectivity index (χ2v) is 13.2. The summed E-state index contributed by atoms with van der Waals surface area (Å²) in [5.74, 6) is -1.29. The Labute approximate surface area is 249 Å². The Morgan fingerprint density at radius 2 is 1.55 bits per heavy atom. The Kier molecular flexibility index (Phi) is 10.3. The number of hydrogen-bond donors (Lipinski definition) is 1. The normalized spacial score (nSPS) is 12.9. The number of amides is 2. The predicted octanol–water partition coefficient (Wildman–Crippen LogP) is 5.68. The summed E-state index contributed by atoms with van der Waals surface area (Å²) in [5, 5.41) is 3.21. The van der Waals surface area contributed by atoms with E-state index in [1.807, 2.05) is 0 Å². The molecule has 7 nitrogen and oxygen atoms in total. The van der Waals surface area contributed by atoms with Gasteiger partial charge in [0.05, 0.1) is 17.5 Å². The van der Waals surface area contributed by atoms with E-state index in [0.29, 0.717) is 21.0 Å². The Morgan fingerprint density at radius 3 is 2.12 bits per heavy atom. The predicted molar refractivity (Wildman–Crippen MR) is 157 cm³/mol. The maximum Gasteiger partial charge on any atom is 0.416 e. The van der Waals surface area contributed by atoms with Crippen LogP contribution < -0.4 is 9.62 Å². The van der Waals surface area contributed by atoms with Gasteiger partial charge in [0.25, 0.3) is 0 Å². The van der Waals surface area contributed by atoms with E-state index < -0.39 is 51.7 Å². The monoisotopic (exact) mass is 623 g/mol. The summed E-state index contributed by atoms with van der Waals surface area (Å²) >= 11 is 6.41. The van der Waals surface area contributed by atoms with Crippen molar-refractivity contribution in [3.8, 4) is 0 Å². The van der Waals surface area contributed by atoms with Gasteiger partial charge in [0, 0.05) is 23.5 Å². The van der Waals surface area contributed by atoms with E-state index >= 15 is 0 Å². The van der Waals surface area contributed by atoms with Crippen LogP contribution in [0.2, 0.25) is 5.02 Å². The van der Waals surface area contributed by atoms with Gasteiger partial charge in [-0.15, -0.1) is 0 Å². The minimum absolute atomic E-state index is 0.0847. The first-order valence-electron chi connectivity index (χ1n) is 13.0. The van der Waals surface area contributed by atoms with Gasteiger partial charge in [0.1, 0.15) is 12.6 Å². The fraction of sp³-hybridized carbons (Fsp3) is 0.333. The average Bonchev–Trinajstić information content (AvgIpc) is 2.88. The zero-order valence-corrected chi connectivity index (χ0v) is 25.2. The lowest BCUT2D eigenvalue weighted by Gasteiger charge is -2.35. The molecule has 12 heteroatoms. The molecule has 2 amide bonds. The lowest BCUT2D eigenvalue weighted by molar-refractivity contribution is -0.140. The van der Waals surface area contributed by atoms with E-state index in [0.717, 1.165) is 24.0 Å². The summed E-state index contributed by atoms with van der Waals surface area (Å²) in [6.45, 7) is 4.34. The minimum Gasteiger partial charge on any atom is -0.350 e. The Balaban J connectivity index is 2.11. The number of alkyl halides is 3. The number of carbonyl (C=O) groups is 2. The van der Waals surface area contributed by atoms with Crippen LogP contribution in [0, 0.1) is 0 Å². The molecule has 0 unspecified atom stereocenters. The molecule has 0 spiro atoms. The number of rotatable bonds is 10. The molecular formula is C30H33ClF3N3O4S. The minimum atomic E-state index is -4.73. The summed E-state index contributed by atoms with van der Waals surface area (Å²) in [5.41, 5.74) is -0.833. The molecule has 0 heterocycles. The highest BCUT2D eigenvalue weighted by atomic mass is 35.5. The number of sulfonamides is 1. The van der Waals surface area contributed by atoms with E-state index in [1.54, 1.807) is 75.4 Å². The smallest absolute Gasteiger partial charge is 0.350 e. The number of halogens is 4. The summed E-state index contributed by atoms with van der Waals surface area (Å²) in [7, 11) is -4.23. The molecule has 226 valence electrons. The molecule has 0 aliphatic carbocycles. The van der Waals surface area contributed by atoms with Crippen LogP contribution in [-0.2, 0) is 38.8 Å². The number of nitrogens with zero attached hydrogens (tertiary/aromatic N) is 2. The van der Waals surface area contributed by atoms with Crippen molar-refractivity contribution >= 4 is 39.1 Å². The van der Waals surface area contributed by atoms with Crippen LogP contribution in [0.25, 0.3) is 0 Å². The topological polar surface area (TPSA) is 86.8 Å². The Hall–Kier alpha value is -3.57. The van der Waals surface area contributed by atoms with Crippen molar-refractivity contribution in [3.05, 3.63) is 101 Å². The molecule has 3 rings (SSSR count). The third-order valence-electron chi connectivity index (χ3n) is 6.21. The summed E-state index contributed by atoms with van der Waals surface area (Å²) in [6.07, 6.45) is -3.85. The molecular weight excluding hydrogens is 591 g/mol. The highest BCUT2D eigenvalue weighted by Gasteiger charge is 2.36. The second kappa shape index (κ2) is 13.2. The van der Waals surface area contributed by atoms with Crippen LogP contribution in [0.5, 0.6) is 0 Å². The van der Waals surface area contributed by atoms with E-state index in [9.17, 15) is 31.2 Å². The van der Waals surface area contributed by atoms with Crippen molar-refractivity contribution in [2.75, 3.05) is 17.1 Å². The van der Waals surface area contributed by atoms with Gasteiger partial charge in [-0.25, -0.2) is 8.42 Å². The lowest BCUT2D eigenvalue weighted by atomic mass is 10.0. The SMILES string of the molecule is CC(C)(C)NC(=O)[C@H](Cc1ccccc1)N(Cc1ccccc1Cl)C(=O)CN(c1cccc(C(F)(F)F)c1)S(C)(=O)=O. The standard InChI is InChI=1S/C30H33ClF3N3O4S/c1-29(2,3)35-28(39)26(17-21-11-6-5-7-12-21)36(19-22-13-8-9-16-25(22)31)27(38)20-37(42(4,40)41)24-15-10-14-23(18-24)30(32,33)34/h5-16,18,26H,17,19-20H2,1-4H3,(H,35,39)/t26-/m0/s1. The molecule has 3 aromatic rings. The van der Waals surface area contributed by atoms with Crippen molar-refractivity contribution < 1.29 is 31.2 Å². The molecule has 0 saturated heterocycles. The fourth-order valence-electron chi connectivity index (χ4n) is 4.27. The zero-order valence-electron chi connectivity index (χ0n) is 23.7. The van der Waals surface area contributed by atoms with E-state index in [4.69, 9.17) is 11.6 Å². The van der Waals surface area contributed by atoms with Gasteiger partial charge in [-0.3, -0.25) is 13.9 Å². The van der Waals surface area contributed by atoms with Gasteiger partial charge in [-0.05, 0) is 56.2 Å². The molecule has 0 aliphatic heterocycles. The van der Waals surface area contributed by atoms with Crippen LogP contribution in [-0.4, -0.2) is 49.5 Å². The van der Waals surface area contributed by atoms with Crippen molar-refractivity contribution in [1.29, 1.82) is 0 Å². The van der Waals surface area contributed by atoms with Crippen molar-refractivity contribution in [3.63, 3.8) is 0 Å². The molecule has 0 bridgehead atoms. The number of nitrogens with one attached hydrogen (secondary N) is 1. The van der Waals surface area contributed by atoms with E-state index in [-0.39, 0.29) is 18.7 Å². The van der Waals surface area contributed by atoms with Crippen molar-refractivity contribution in [1.82, 2.24) is 10.2 Å². The van der Waals surface area contributed by atoms with Gasteiger partial charge >= 0.3 is 6.18 Å². The van der Waals surface area contributed by atoms with E-state index in [2.05, 4.69) is 5.32 Å². The van der Waals surface area contributed by atoms with Gasteiger partial charge in [0.2, 0.25) is 21.8 Å². The molecule has 3 aromatic carbocycles. The molecule has 0 radical (unpaired) electrons. The first-order valence-corrected chi connectivity index (χ1v) is 15.2. The number of benzene rings is 3. The molecule has 0 aromatic heterocycles. The second-order valence-electron chi connectivity index (χ2n) is 10.9. The molecule has 1 atom stereocenters. The van der Waals surface area contributed by atoms with Gasteiger partial charge in [0.15, 0.2) is 0 Å². The van der Waals surface area contributed by atoms with Gasteiger partial charge < -0.3 is 10.2 Å². The largest absolute Gasteiger partial charge is 0.416 e. The van der Waals surface area contributed by atoms with E-state index in [1.165, 1.54) is 11.0 Å². The first-order chi connectivity index (χ1) is 19.5. The highest BCUT2D eigenvalue weighted by molar-refractivity contribution is 7.92. The first kappa shape index (κ1) is 32.9. The maximum atomic E-state index is 14.0. The fourth-order valence-corrected chi connectivity index (χ4v) is 5.31. The van der Waals surface area contributed by atoms with Crippen LogP contribution in [0.3, 0.4) is 0 Å². The number of carbonyl (C=O) groups excluding carboxylic acids is 2. The average molecular weight is 624 g/mol. The lowest BCUT2D eigenvalue weighted by Crippen LogP contribution is -2.56. The van der Waals surface area contributed by atoms with Gasteiger partial charge in [-0.2, -0.15) is 13.2 Å². The van der Waals surface area contributed by atoms with Crippen molar-refractivity contribution in [2.45, 2.75) is 51.5 Å². The number of anilines is 1. The van der Waals surface area contributed by atoms with Crippen molar-refractivity contribution in [2.24, 2.45) is 0 Å². The third kappa shape index (κ3) is 9.22. The molecule has 0 saturated carbocycles. The van der Waals surface area contributed by atoms with Crippen LogP contribution >= 0.6 is 11.6 Å². The highest BCUT2D eigenvalue weighted by Crippen LogP contribution is 2.32. The Bertz CT molecular complexity index is 1510. The third-order valence-corrected chi connectivity index (χ3v) is 7.72. The summed E-state index contributed by atoms with van der Waals surface area (Å²) in [4.78, 5) is 29.0. The molecule has 0 aliphatic rings. The summed E-state index contributed by atoms with van der Waals surface area (Å²) in [6, 6.07) is 18.3. The zero-order chi connectivity index (χ0) is 31.3. The molecule has 1 N–H and O–H groups in total. The van der Waals surface area contributed by atoms with Gasteiger partial charge in [-0.1, -0.05) is 66.2 Å². The van der Waals surface area contributed by atoms with Crippen LogP contribution in [0.15, 0.2) is 78.9 Å².